The van der Waals surface area contributed by atoms with Gasteiger partial charge in [-0.25, -0.2) is 13.6 Å². The van der Waals surface area contributed by atoms with E-state index >= 15 is 0 Å². The van der Waals surface area contributed by atoms with E-state index in [1.54, 1.807) is 4.57 Å². The predicted octanol–water partition coefficient (Wildman–Crippen LogP) is 4.00. The van der Waals surface area contributed by atoms with Crippen LogP contribution in [0.1, 0.15) is 18.4 Å². The predicted molar refractivity (Wildman–Crippen MR) is 154 cm³/mol. The highest BCUT2D eigenvalue weighted by Gasteiger charge is 2.26. The molecule has 1 saturated heterocycles. The van der Waals surface area contributed by atoms with Crippen LogP contribution in [0.3, 0.4) is 0 Å². The summed E-state index contributed by atoms with van der Waals surface area (Å²) < 4.78 is 24.5. The molecule has 0 bridgehead atoms. The number of aromatic nitrogens is 1. The molecule has 2 amide bonds. The molecule has 4 aromatic rings. The second-order valence-corrected chi connectivity index (χ2v) is 11.5. The number of rotatable bonds is 8. The van der Waals surface area contributed by atoms with Gasteiger partial charge in [-0.05, 0) is 61.8 Å². The highest BCUT2D eigenvalue weighted by atomic mass is 32.2. The summed E-state index contributed by atoms with van der Waals surface area (Å²) in [5, 5.41) is 27.7. The van der Waals surface area contributed by atoms with Crippen LogP contribution in [0.5, 0.6) is 5.88 Å². The number of anilines is 1. The van der Waals surface area contributed by atoms with Gasteiger partial charge in [0, 0.05) is 17.0 Å². The molecule has 12 heteroatoms. The average Bonchev–Trinajstić information content (AvgIpc) is 3.22. The zero-order valence-corrected chi connectivity index (χ0v) is 23.0. The maximum atomic E-state index is 12.9. The summed E-state index contributed by atoms with van der Waals surface area (Å²) in [5.41, 5.74) is 2.53. The number of carbonyl (C=O) groups is 2. The van der Waals surface area contributed by atoms with Crippen LogP contribution in [0, 0.1) is 5.92 Å². The number of fused-ring (bicyclic) bond motifs is 1. The van der Waals surface area contributed by atoms with Crippen molar-refractivity contribution in [1.29, 1.82) is 0 Å². The van der Waals surface area contributed by atoms with Crippen LogP contribution < -0.4 is 10.5 Å². The molecule has 3 aromatic carbocycles. The van der Waals surface area contributed by atoms with E-state index in [1.165, 1.54) is 24.3 Å². The van der Waals surface area contributed by atoms with E-state index in [0.717, 1.165) is 11.1 Å². The number of carbonyl (C=O) groups excluding carboxylic acids is 2. The van der Waals surface area contributed by atoms with Crippen LogP contribution in [0.15, 0.2) is 94.0 Å². The lowest BCUT2D eigenvalue weighted by atomic mass is 9.96. The second-order valence-electron chi connectivity index (χ2n) is 9.97. The summed E-state index contributed by atoms with van der Waals surface area (Å²) in [4.78, 5) is 27.3. The zero-order valence-electron chi connectivity index (χ0n) is 22.2. The summed E-state index contributed by atoms with van der Waals surface area (Å²) in [7, 11) is -3.80. The molecule has 212 valence electrons. The van der Waals surface area contributed by atoms with Gasteiger partial charge in [-0.3, -0.25) is 14.5 Å². The first kappa shape index (κ1) is 28.1. The largest absolute Gasteiger partial charge is 0.493 e. The Morgan fingerprint density at radius 2 is 1.61 bits per heavy atom. The van der Waals surface area contributed by atoms with E-state index in [0.29, 0.717) is 43.5 Å². The monoisotopic (exact) mass is 574 g/mol. The molecule has 4 N–H and O–H groups in total. The third kappa shape index (κ3) is 6.68. The van der Waals surface area contributed by atoms with Gasteiger partial charge >= 0.3 is 0 Å². The molecule has 1 fully saturated rings. The number of benzene rings is 3. The Balaban J connectivity index is 1.18. The van der Waals surface area contributed by atoms with Gasteiger partial charge in [0.05, 0.1) is 23.5 Å². The molecule has 0 radical (unpaired) electrons. The number of azo groups is 1. The van der Waals surface area contributed by atoms with Gasteiger partial charge in [0.1, 0.15) is 0 Å². The fourth-order valence-electron chi connectivity index (χ4n) is 4.95. The summed E-state index contributed by atoms with van der Waals surface area (Å²) in [6.07, 6.45) is 1.05. The summed E-state index contributed by atoms with van der Waals surface area (Å²) in [6, 6.07) is 22.8. The Bertz CT molecular complexity index is 1690. The third-order valence-corrected chi connectivity index (χ3v) is 8.05. The number of nitrogens with one attached hydrogen (secondary N) is 1. The summed E-state index contributed by atoms with van der Waals surface area (Å²) >= 11 is 0. The molecule has 0 spiro atoms. The van der Waals surface area contributed by atoms with Crippen molar-refractivity contribution in [3.63, 3.8) is 0 Å². The minimum atomic E-state index is -3.80. The maximum Gasteiger partial charge on any atom is 0.267 e. The van der Waals surface area contributed by atoms with E-state index in [9.17, 15) is 23.1 Å². The first-order valence-electron chi connectivity index (χ1n) is 13.1. The number of hydrogen-bond acceptors (Lipinski definition) is 7. The Morgan fingerprint density at radius 1 is 0.951 bits per heavy atom. The number of primary sulfonamides is 1. The highest BCUT2D eigenvalue weighted by Crippen LogP contribution is 2.39. The molecule has 0 saturated carbocycles. The minimum Gasteiger partial charge on any atom is -0.493 e. The number of hydrogen-bond donors (Lipinski definition) is 3. The van der Waals surface area contributed by atoms with Crippen LogP contribution >= 0.6 is 0 Å². The summed E-state index contributed by atoms with van der Waals surface area (Å²) in [5.74, 6) is -0.987. The molecular weight excluding hydrogens is 544 g/mol. The van der Waals surface area contributed by atoms with Gasteiger partial charge in [-0.15, -0.1) is 10.2 Å². The molecule has 5 rings (SSSR count). The number of amides is 2. The maximum absolute atomic E-state index is 12.9. The van der Waals surface area contributed by atoms with Crippen molar-refractivity contribution in [3.05, 3.63) is 84.4 Å². The first-order chi connectivity index (χ1) is 19.7. The molecule has 2 heterocycles. The standard InChI is InChI=1S/C29H30N6O5S/c30-41(39,40)23-12-10-22(11-13-23)31-26(36)19-34-16-14-21(15-17-34)28(37)33-32-27-24-8-4-5-9-25(24)35(29(27)38)18-20-6-2-1-3-7-20/h1-13,21,38H,14-19H2,(H,31,36)(H2,30,39,40). The SMILES string of the molecule is NS(=O)(=O)c1ccc(NC(=O)CN2CCC(C(=O)N=Nc3c(O)n(Cc4ccccc4)c4ccccc34)CC2)cc1. The fourth-order valence-corrected chi connectivity index (χ4v) is 5.46. The molecule has 11 nitrogen and oxygen atoms in total. The Kier molecular flexibility index (Phi) is 8.24. The molecule has 41 heavy (non-hydrogen) atoms. The first-order valence-corrected chi connectivity index (χ1v) is 14.7. The molecule has 1 aliphatic heterocycles. The Morgan fingerprint density at radius 3 is 2.29 bits per heavy atom. The lowest BCUT2D eigenvalue weighted by Crippen LogP contribution is -2.40. The number of piperidine rings is 1. The van der Waals surface area contributed by atoms with E-state index in [4.69, 9.17) is 5.14 Å². The summed E-state index contributed by atoms with van der Waals surface area (Å²) in [6.45, 7) is 1.65. The number of nitrogens with zero attached hydrogens (tertiary/aromatic N) is 4. The molecule has 1 aromatic heterocycles. The highest BCUT2D eigenvalue weighted by molar-refractivity contribution is 7.89. The van der Waals surface area contributed by atoms with Gasteiger partial charge in [-0.1, -0.05) is 48.5 Å². The molecule has 0 atom stereocenters. The van der Waals surface area contributed by atoms with Crippen molar-refractivity contribution in [2.45, 2.75) is 24.3 Å². The second kappa shape index (κ2) is 12.0. The van der Waals surface area contributed by atoms with Crippen LogP contribution in [0.2, 0.25) is 0 Å². The Hall–Kier alpha value is -4.39. The molecule has 0 unspecified atom stereocenters. The number of likely N-dealkylation sites (tertiary alicyclic amines) is 1. The smallest absolute Gasteiger partial charge is 0.267 e. The van der Waals surface area contributed by atoms with Crippen molar-refractivity contribution < 1.29 is 23.1 Å². The third-order valence-electron chi connectivity index (χ3n) is 7.12. The lowest BCUT2D eigenvalue weighted by molar-refractivity contribution is -0.123. The van der Waals surface area contributed by atoms with Crippen molar-refractivity contribution in [2.75, 3.05) is 25.0 Å². The Labute approximate surface area is 237 Å². The van der Waals surface area contributed by atoms with E-state index in [1.807, 2.05) is 59.5 Å². The molecular formula is C29H30N6O5S. The number of para-hydroxylation sites is 1. The van der Waals surface area contributed by atoms with Gasteiger partial charge < -0.3 is 15.0 Å². The topological polar surface area (TPSA) is 159 Å². The molecule has 0 aliphatic carbocycles. The van der Waals surface area contributed by atoms with E-state index in [2.05, 4.69) is 15.5 Å². The normalized spacial score (nSPS) is 15.0. The number of nitrogens with two attached hydrogens (primary N) is 1. The van der Waals surface area contributed by atoms with Gasteiger partial charge in [0.15, 0.2) is 5.69 Å². The van der Waals surface area contributed by atoms with Crippen LogP contribution in [-0.4, -0.2) is 54.4 Å². The number of aromatic hydroxyl groups is 1. The fraction of sp³-hybridized carbons (Fsp3) is 0.241. The minimum absolute atomic E-state index is 0.0347. The van der Waals surface area contributed by atoms with Crippen molar-refractivity contribution >= 4 is 44.1 Å². The van der Waals surface area contributed by atoms with Gasteiger partial charge in [0.25, 0.3) is 5.91 Å². The van der Waals surface area contributed by atoms with Gasteiger partial charge in [0.2, 0.25) is 21.8 Å². The zero-order chi connectivity index (χ0) is 29.0. The van der Waals surface area contributed by atoms with Crippen LogP contribution in [-0.2, 0) is 26.2 Å². The van der Waals surface area contributed by atoms with E-state index in [-0.39, 0.29) is 40.7 Å². The van der Waals surface area contributed by atoms with Crippen molar-refractivity contribution in [1.82, 2.24) is 9.47 Å². The lowest BCUT2D eigenvalue weighted by Gasteiger charge is -2.29. The molecule has 1 aliphatic rings. The van der Waals surface area contributed by atoms with Crippen LogP contribution in [0.4, 0.5) is 11.4 Å². The van der Waals surface area contributed by atoms with Crippen LogP contribution in [0.25, 0.3) is 10.9 Å². The number of sulfonamides is 1. The quantitative estimate of drug-likeness (QED) is 0.270. The van der Waals surface area contributed by atoms with Crippen molar-refractivity contribution in [3.8, 4) is 5.88 Å². The average molecular weight is 575 g/mol. The van der Waals surface area contributed by atoms with Crippen molar-refractivity contribution in [2.24, 2.45) is 21.3 Å². The van der Waals surface area contributed by atoms with E-state index < -0.39 is 10.0 Å². The van der Waals surface area contributed by atoms with Gasteiger partial charge in [-0.2, -0.15) is 0 Å².